The molecular weight excluding hydrogens is 520 g/mol. The van der Waals surface area contributed by atoms with E-state index in [0.717, 1.165) is 37.3 Å². The van der Waals surface area contributed by atoms with Crippen LogP contribution in [0.3, 0.4) is 0 Å². The molecule has 0 saturated carbocycles. The number of hydrogen-bond acceptors (Lipinski definition) is 6. The number of carbonyl (C=O) groups is 2. The van der Waals surface area contributed by atoms with Gasteiger partial charge in [0, 0.05) is 25.0 Å². The number of benzene rings is 3. The van der Waals surface area contributed by atoms with E-state index in [1.807, 2.05) is 18.2 Å². The minimum absolute atomic E-state index is 0.319. The van der Waals surface area contributed by atoms with E-state index in [0.29, 0.717) is 18.9 Å². The molecule has 8 heteroatoms. The van der Waals surface area contributed by atoms with Crippen molar-refractivity contribution >= 4 is 27.0 Å². The average molecular weight is 561 g/mol. The molecule has 0 amide bonds. The van der Waals surface area contributed by atoms with Crippen molar-refractivity contribution in [3.63, 3.8) is 0 Å². The van der Waals surface area contributed by atoms with E-state index in [1.54, 1.807) is 12.1 Å². The summed E-state index contributed by atoms with van der Waals surface area (Å²) >= 11 is 0. The molecule has 0 aromatic heterocycles. The molecule has 1 heterocycles. The standard InChI is InChI=1S/C20H27NOSi.C8H7NO2.C4H6O2/c1-23(2,3)22-20(19-15-10-16-21-19,17-11-6-4-7-12-17)18-13-8-5-9-14-18;10-9(11)7-6-8-4-2-1-3-5-8;5-3-1-2-4-6/h4-9,11-14,19,21H,10,15-16H2,1-3H3;1-7H;3-4H,1-2H2/b;7-6+;/t19-;;/m0../s1. The zero-order valence-corrected chi connectivity index (χ0v) is 24.6. The molecule has 1 N–H and O–H groups in total. The molecule has 1 aliphatic heterocycles. The fourth-order valence-corrected chi connectivity index (χ4v) is 5.84. The van der Waals surface area contributed by atoms with Gasteiger partial charge in [-0.05, 0) is 55.7 Å². The molecule has 212 valence electrons. The van der Waals surface area contributed by atoms with Crippen LogP contribution in [0.1, 0.15) is 42.4 Å². The monoisotopic (exact) mass is 560 g/mol. The molecule has 3 aromatic rings. The van der Waals surface area contributed by atoms with Crippen molar-refractivity contribution in [2.24, 2.45) is 0 Å². The summed E-state index contributed by atoms with van der Waals surface area (Å²) in [6.45, 7) is 7.91. The first-order chi connectivity index (χ1) is 19.2. The van der Waals surface area contributed by atoms with Crippen molar-refractivity contribution in [3.8, 4) is 0 Å². The van der Waals surface area contributed by atoms with Crippen LogP contribution in [-0.4, -0.2) is 38.4 Å². The first kappa shape index (κ1) is 32.5. The number of nitrogens with zero attached hydrogens (tertiary/aromatic N) is 1. The lowest BCUT2D eigenvalue weighted by molar-refractivity contribution is -0.400. The normalized spacial score (nSPS) is 14.8. The summed E-state index contributed by atoms with van der Waals surface area (Å²) < 4.78 is 6.96. The molecule has 0 unspecified atom stereocenters. The van der Waals surface area contributed by atoms with Crippen LogP contribution in [0.15, 0.2) is 97.2 Å². The molecule has 3 aromatic carbocycles. The summed E-state index contributed by atoms with van der Waals surface area (Å²) in [4.78, 5) is 28.2. The molecule has 0 bridgehead atoms. The van der Waals surface area contributed by atoms with Gasteiger partial charge < -0.3 is 19.3 Å². The zero-order chi connectivity index (χ0) is 29.3. The second-order valence-corrected chi connectivity index (χ2v) is 14.7. The van der Waals surface area contributed by atoms with Crippen molar-refractivity contribution in [1.29, 1.82) is 0 Å². The van der Waals surface area contributed by atoms with Crippen LogP contribution in [0.2, 0.25) is 19.6 Å². The maximum atomic E-state index is 9.89. The summed E-state index contributed by atoms with van der Waals surface area (Å²) in [5.41, 5.74) is 2.95. The third-order valence-electron chi connectivity index (χ3n) is 6.01. The van der Waals surface area contributed by atoms with Gasteiger partial charge in [-0.25, -0.2) is 0 Å². The fourth-order valence-electron chi connectivity index (χ4n) is 4.49. The molecule has 7 nitrogen and oxygen atoms in total. The minimum Gasteiger partial charge on any atom is -0.403 e. The predicted molar refractivity (Wildman–Crippen MR) is 163 cm³/mol. The van der Waals surface area contributed by atoms with Gasteiger partial charge in [0.2, 0.25) is 6.20 Å². The highest BCUT2D eigenvalue weighted by Crippen LogP contribution is 2.42. The fraction of sp³-hybridized carbons (Fsp3) is 0.312. The Labute approximate surface area is 238 Å². The molecule has 1 fully saturated rings. The zero-order valence-electron chi connectivity index (χ0n) is 23.6. The third-order valence-corrected chi connectivity index (χ3v) is 6.95. The maximum absolute atomic E-state index is 9.89. The molecule has 1 atom stereocenters. The van der Waals surface area contributed by atoms with Gasteiger partial charge in [-0.3, -0.25) is 10.1 Å². The highest BCUT2D eigenvalue weighted by molar-refractivity contribution is 6.69. The Morgan fingerprint density at radius 2 is 1.35 bits per heavy atom. The predicted octanol–water partition coefficient (Wildman–Crippen LogP) is 6.63. The van der Waals surface area contributed by atoms with E-state index in [1.165, 1.54) is 23.6 Å². The number of carbonyl (C=O) groups excluding carboxylic acids is 2. The highest BCUT2D eigenvalue weighted by atomic mass is 28.4. The summed E-state index contributed by atoms with van der Waals surface area (Å²) in [7, 11) is -1.77. The lowest BCUT2D eigenvalue weighted by atomic mass is 9.79. The first-order valence-electron chi connectivity index (χ1n) is 13.5. The van der Waals surface area contributed by atoms with E-state index in [9.17, 15) is 19.7 Å². The summed E-state index contributed by atoms with van der Waals surface area (Å²) in [6.07, 6.45) is 6.93. The van der Waals surface area contributed by atoms with Crippen LogP contribution < -0.4 is 5.32 Å². The largest absolute Gasteiger partial charge is 0.403 e. The van der Waals surface area contributed by atoms with E-state index in [-0.39, 0.29) is 0 Å². The van der Waals surface area contributed by atoms with Crippen LogP contribution >= 0.6 is 0 Å². The Morgan fingerprint density at radius 1 is 0.875 bits per heavy atom. The van der Waals surface area contributed by atoms with E-state index in [2.05, 4.69) is 85.6 Å². The van der Waals surface area contributed by atoms with Crippen molar-refractivity contribution in [2.45, 2.75) is 57.0 Å². The third kappa shape index (κ3) is 10.8. The minimum atomic E-state index is -1.77. The van der Waals surface area contributed by atoms with Gasteiger partial charge in [-0.1, -0.05) is 91.0 Å². The van der Waals surface area contributed by atoms with Gasteiger partial charge in [-0.15, -0.1) is 0 Å². The molecule has 4 rings (SSSR count). The molecule has 1 saturated heterocycles. The van der Waals surface area contributed by atoms with E-state index < -0.39 is 18.8 Å². The van der Waals surface area contributed by atoms with Crippen molar-refractivity contribution in [3.05, 3.63) is 124 Å². The second kappa shape index (κ2) is 17.1. The van der Waals surface area contributed by atoms with E-state index in [4.69, 9.17) is 4.43 Å². The Balaban J connectivity index is 0.000000273. The van der Waals surface area contributed by atoms with Crippen LogP contribution in [0, 0.1) is 10.1 Å². The van der Waals surface area contributed by atoms with Gasteiger partial charge in [-0.2, -0.15) is 0 Å². The molecular formula is C32H40N2O5Si. The second-order valence-electron chi connectivity index (χ2n) is 10.3. The van der Waals surface area contributed by atoms with Crippen LogP contribution in [0.5, 0.6) is 0 Å². The first-order valence-corrected chi connectivity index (χ1v) is 16.9. The molecule has 0 aliphatic carbocycles. The summed E-state index contributed by atoms with van der Waals surface area (Å²) in [5.74, 6) is 0. The maximum Gasteiger partial charge on any atom is 0.235 e. The number of aldehydes is 2. The highest BCUT2D eigenvalue weighted by Gasteiger charge is 2.46. The van der Waals surface area contributed by atoms with E-state index >= 15 is 0 Å². The van der Waals surface area contributed by atoms with Gasteiger partial charge in [0.1, 0.15) is 18.2 Å². The molecule has 0 radical (unpaired) electrons. The Morgan fingerprint density at radius 3 is 1.73 bits per heavy atom. The number of nitro groups is 1. The number of unbranched alkanes of at least 4 members (excludes halogenated alkanes) is 1. The van der Waals surface area contributed by atoms with Gasteiger partial charge in [0.25, 0.3) is 0 Å². The Kier molecular flexibility index (Phi) is 13.9. The molecule has 1 aliphatic rings. The SMILES string of the molecule is C[Si](C)(C)OC(c1ccccc1)(c1ccccc1)[C@@H]1CCCN1.O=CCCC=O.O=[N+]([O-])/C=C/c1ccccc1. The van der Waals surface area contributed by atoms with Crippen molar-refractivity contribution in [2.75, 3.05) is 6.54 Å². The van der Waals surface area contributed by atoms with Crippen LogP contribution in [0.25, 0.3) is 6.08 Å². The average Bonchev–Trinajstić information content (AvgIpc) is 3.51. The Hall–Kier alpha value is -3.72. The molecule has 0 spiro atoms. The van der Waals surface area contributed by atoms with Crippen molar-refractivity contribution in [1.82, 2.24) is 5.32 Å². The number of hydrogen-bond donors (Lipinski definition) is 1. The topological polar surface area (TPSA) is 98.5 Å². The van der Waals surface area contributed by atoms with Crippen molar-refractivity contribution < 1.29 is 18.9 Å². The van der Waals surface area contributed by atoms with Gasteiger partial charge in [0.15, 0.2) is 8.32 Å². The number of rotatable bonds is 10. The Bertz CT molecular complexity index is 1130. The van der Waals surface area contributed by atoms with Crippen LogP contribution in [0.4, 0.5) is 0 Å². The lowest BCUT2D eigenvalue weighted by Crippen LogP contribution is -2.53. The summed E-state index contributed by atoms with van der Waals surface area (Å²) in [6, 6.07) is 31.0. The molecule has 40 heavy (non-hydrogen) atoms. The lowest BCUT2D eigenvalue weighted by Gasteiger charge is -2.44. The summed E-state index contributed by atoms with van der Waals surface area (Å²) in [5, 5.41) is 13.6. The quantitative estimate of drug-likeness (QED) is 0.0982. The van der Waals surface area contributed by atoms with Gasteiger partial charge in [0.05, 0.1) is 4.92 Å². The number of nitrogens with one attached hydrogen (secondary N) is 1. The smallest absolute Gasteiger partial charge is 0.235 e. The van der Waals surface area contributed by atoms with Gasteiger partial charge >= 0.3 is 0 Å². The van der Waals surface area contributed by atoms with Crippen LogP contribution in [-0.2, 0) is 19.6 Å².